The molecule has 0 saturated carbocycles. The summed E-state index contributed by atoms with van der Waals surface area (Å²) >= 11 is 0. The summed E-state index contributed by atoms with van der Waals surface area (Å²) < 4.78 is 7.82. The second-order valence-corrected chi connectivity index (χ2v) is 6.32. The molecule has 0 radical (unpaired) electrons. The quantitative estimate of drug-likeness (QED) is 0.745. The van der Waals surface area contributed by atoms with Crippen molar-refractivity contribution in [1.29, 1.82) is 0 Å². The number of hydrogen-bond donors (Lipinski definition) is 2. The lowest BCUT2D eigenvalue weighted by atomic mass is 10.1. The molecular weight excluding hydrogens is 328 g/mol. The van der Waals surface area contributed by atoms with E-state index < -0.39 is 0 Å². The lowest BCUT2D eigenvalue weighted by molar-refractivity contribution is 0.219. The average molecular weight is 348 g/mol. The van der Waals surface area contributed by atoms with Gasteiger partial charge in [0.1, 0.15) is 11.9 Å². The summed E-state index contributed by atoms with van der Waals surface area (Å²) in [5.41, 5.74) is 3.09. The molecule has 2 heterocycles. The summed E-state index contributed by atoms with van der Waals surface area (Å²) in [7, 11) is 0. The fourth-order valence-electron chi connectivity index (χ4n) is 3.03. The maximum Gasteiger partial charge on any atom is 0.319 e. The van der Waals surface area contributed by atoms with Crippen LogP contribution in [-0.2, 0) is 13.0 Å². The van der Waals surface area contributed by atoms with E-state index in [2.05, 4.69) is 21.7 Å². The zero-order valence-electron chi connectivity index (χ0n) is 14.3. The number of urea groups is 1. The minimum absolute atomic E-state index is 0.0179. The van der Waals surface area contributed by atoms with Crippen molar-refractivity contribution in [1.82, 2.24) is 14.9 Å². The van der Waals surface area contributed by atoms with E-state index in [4.69, 9.17) is 4.74 Å². The second-order valence-electron chi connectivity index (χ2n) is 6.32. The first-order valence-electron chi connectivity index (χ1n) is 8.60. The third-order valence-corrected chi connectivity index (χ3v) is 4.34. The van der Waals surface area contributed by atoms with Gasteiger partial charge in [-0.2, -0.15) is 0 Å². The van der Waals surface area contributed by atoms with Crippen LogP contribution in [0.25, 0.3) is 0 Å². The fraction of sp³-hybridized carbons (Fsp3) is 0.200. The predicted octanol–water partition coefficient (Wildman–Crippen LogP) is 3.06. The molecule has 1 aliphatic heterocycles. The van der Waals surface area contributed by atoms with Gasteiger partial charge < -0.3 is 19.9 Å². The second kappa shape index (κ2) is 7.31. The van der Waals surface area contributed by atoms with Gasteiger partial charge in [-0.1, -0.05) is 30.3 Å². The van der Waals surface area contributed by atoms with Crippen LogP contribution in [0.4, 0.5) is 10.5 Å². The van der Waals surface area contributed by atoms with Crippen molar-refractivity contribution in [2.45, 2.75) is 19.1 Å². The Morgan fingerprint density at radius 1 is 1.19 bits per heavy atom. The zero-order valence-corrected chi connectivity index (χ0v) is 14.3. The van der Waals surface area contributed by atoms with Gasteiger partial charge >= 0.3 is 6.03 Å². The van der Waals surface area contributed by atoms with Gasteiger partial charge in [0.25, 0.3) is 0 Å². The Bertz CT molecular complexity index is 850. The number of hydrogen-bond acceptors (Lipinski definition) is 3. The topological polar surface area (TPSA) is 68.2 Å². The van der Waals surface area contributed by atoms with Crippen LogP contribution in [-0.4, -0.2) is 28.2 Å². The highest BCUT2D eigenvalue weighted by atomic mass is 16.5. The van der Waals surface area contributed by atoms with Gasteiger partial charge in [-0.05, 0) is 29.3 Å². The van der Waals surface area contributed by atoms with E-state index in [0.29, 0.717) is 6.54 Å². The molecule has 6 heteroatoms. The van der Waals surface area contributed by atoms with Crippen LogP contribution in [0, 0.1) is 0 Å². The SMILES string of the molecule is O=C(NC[C@@H]1Cc2ccccc2O1)Nc1ccc(Cn2ccnc2)cc1. The number of nitrogens with zero attached hydrogens (tertiary/aromatic N) is 2. The Morgan fingerprint density at radius 3 is 2.81 bits per heavy atom. The summed E-state index contributed by atoms with van der Waals surface area (Å²) in [4.78, 5) is 16.1. The van der Waals surface area contributed by atoms with Crippen LogP contribution in [0.1, 0.15) is 11.1 Å². The predicted molar refractivity (Wildman–Crippen MR) is 99.4 cm³/mol. The first kappa shape index (κ1) is 16.2. The number of anilines is 1. The summed E-state index contributed by atoms with van der Waals surface area (Å²) in [5.74, 6) is 0.910. The Labute approximate surface area is 151 Å². The van der Waals surface area contributed by atoms with Crippen molar-refractivity contribution >= 4 is 11.7 Å². The van der Waals surface area contributed by atoms with Gasteiger partial charge in [0.2, 0.25) is 0 Å². The third kappa shape index (κ3) is 3.85. The molecular formula is C20H20N4O2. The Kier molecular flexibility index (Phi) is 4.55. The maximum absolute atomic E-state index is 12.1. The molecule has 0 bridgehead atoms. The van der Waals surface area contributed by atoms with E-state index in [-0.39, 0.29) is 12.1 Å². The summed E-state index contributed by atoms with van der Waals surface area (Å²) in [6.07, 6.45) is 6.26. The van der Waals surface area contributed by atoms with Gasteiger partial charge in [0.15, 0.2) is 0 Å². The Balaban J connectivity index is 1.25. The number of ether oxygens (including phenoxy) is 1. The minimum Gasteiger partial charge on any atom is -0.488 e. The molecule has 6 nitrogen and oxygen atoms in total. The number of imidazole rings is 1. The van der Waals surface area contributed by atoms with E-state index in [1.54, 1.807) is 12.5 Å². The van der Waals surface area contributed by atoms with Crippen LogP contribution < -0.4 is 15.4 Å². The zero-order chi connectivity index (χ0) is 17.8. The van der Waals surface area contributed by atoms with Crippen LogP contribution in [0.3, 0.4) is 0 Å². The number of benzene rings is 2. The monoisotopic (exact) mass is 348 g/mol. The highest BCUT2D eigenvalue weighted by Crippen LogP contribution is 2.27. The minimum atomic E-state index is -0.230. The molecule has 0 fully saturated rings. The standard InChI is InChI=1S/C20H20N4O2/c25-20(22-12-18-11-16-3-1-2-4-19(16)26-18)23-17-7-5-15(6-8-17)13-24-10-9-21-14-24/h1-10,14,18H,11-13H2,(H2,22,23,25)/t18-/m0/s1. The average Bonchev–Trinajstić information content (AvgIpc) is 3.30. The molecule has 4 rings (SSSR count). The lowest BCUT2D eigenvalue weighted by Gasteiger charge is -2.13. The first-order valence-corrected chi connectivity index (χ1v) is 8.60. The molecule has 2 aromatic carbocycles. The van der Waals surface area contributed by atoms with E-state index in [1.165, 1.54) is 5.56 Å². The van der Waals surface area contributed by atoms with Crippen LogP contribution in [0.2, 0.25) is 0 Å². The highest BCUT2D eigenvalue weighted by Gasteiger charge is 2.22. The van der Waals surface area contributed by atoms with E-state index in [0.717, 1.165) is 30.0 Å². The molecule has 1 aromatic heterocycles. The van der Waals surface area contributed by atoms with Crippen LogP contribution >= 0.6 is 0 Å². The highest BCUT2D eigenvalue weighted by molar-refractivity contribution is 5.89. The number of aromatic nitrogens is 2. The molecule has 2 N–H and O–H groups in total. The summed E-state index contributed by atoms with van der Waals surface area (Å²) in [5, 5.41) is 5.72. The Morgan fingerprint density at radius 2 is 2.04 bits per heavy atom. The summed E-state index contributed by atoms with van der Waals surface area (Å²) in [6, 6.07) is 15.5. The van der Waals surface area contributed by atoms with Crippen molar-refractivity contribution in [2.24, 2.45) is 0 Å². The van der Waals surface area contributed by atoms with Gasteiger partial charge in [-0.25, -0.2) is 9.78 Å². The molecule has 2 amide bonds. The van der Waals surface area contributed by atoms with Crippen molar-refractivity contribution < 1.29 is 9.53 Å². The van der Waals surface area contributed by atoms with Crippen molar-refractivity contribution in [3.8, 4) is 5.75 Å². The molecule has 1 aliphatic rings. The molecule has 0 spiro atoms. The number of carbonyl (C=O) groups excluding carboxylic acids is 1. The van der Waals surface area contributed by atoms with E-state index in [1.807, 2.05) is 53.2 Å². The molecule has 0 aliphatic carbocycles. The van der Waals surface area contributed by atoms with Gasteiger partial charge in [0.05, 0.1) is 12.9 Å². The molecule has 26 heavy (non-hydrogen) atoms. The maximum atomic E-state index is 12.1. The van der Waals surface area contributed by atoms with Crippen LogP contribution in [0.15, 0.2) is 67.3 Å². The van der Waals surface area contributed by atoms with Crippen molar-refractivity contribution in [2.75, 3.05) is 11.9 Å². The van der Waals surface area contributed by atoms with E-state index in [9.17, 15) is 4.79 Å². The molecule has 132 valence electrons. The number of para-hydroxylation sites is 1. The molecule has 3 aromatic rings. The first-order chi connectivity index (χ1) is 12.8. The number of amides is 2. The number of rotatable bonds is 5. The largest absolute Gasteiger partial charge is 0.488 e. The van der Waals surface area contributed by atoms with Crippen molar-refractivity contribution in [3.05, 3.63) is 78.4 Å². The molecule has 0 unspecified atom stereocenters. The smallest absolute Gasteiger partial charge is 0.319 e. The van der Waals surface area contributed by atoms with Gasteiger partial charge in [-0.3, -0.25) is 0 Å². The van der Waals surface area contributed by atoms with Gasteiger partial charge in [-0.15, -0.1) is 0 Å². The molecule has 0 saturated heterocycles. The summed E-state index contributed by atoms with van der Waals surface area (Å²) in [6.45, 7) is 1.23. The normalized spacial score (nSPS) is 15.2. The van der Waals surface area contributed by atoms with Crippen LogP contribution in [0.5, 0.6) is 5.75 Å². The lowest BCUT2D eigenvalue weighted by Crippen LogP contribution is -2.37. The number of nitrogens with one attached hydrogen (secondary N) is 2. The molecule has 1 atom stereocenters. The number of fused-ring (bicyclic) bond motifs is 1. The number of carbonyl (C=O) groups is 1. The fourth-order valence-corrected chi connectivity index (χ4v) is 3.03. The Hall–Kier alpha value is -3.28. The van der Waals surface area contributed by atoms with Gasteiger partial charge in [0, 0.05) is 31.0 Å². The third-order valence-electron chi connectivity index (χ3n) is 4.34. The van der Waals surface area contributed by atoms with E-state index >= 15 is 0 Å². The van der Waals surface area contributed by atoms with Crippen molar-refractivity contribution in [3.63, 3.8) is 0 Å².